The van der Waals surface area contributed by atoms with Crippen molar-refractivity contribution in [1.82, 2.24) is 14.7 Å². The van der Waals surface area contributed by atoms with Gasteiger partial charge in [0.15, 0.2) is 0 Å². The van der Waals surface area contributed by atoms with Gasteiger partial charge in [0, 0.05) is 62.9 Å². The number of benzene rings is 1. The number of aryl methyl sites for hydroxylation is 2. The van der Waals surface area contributed by atoms with Crippen molar-refractivity contribution in [3.05, 3.63) is 65.0 Å². The van der Waals surface area contributed by atoms with Gasteiger partial charge in [0.05, 0.1) is 11.8 Å². The van der Waals surface area contributed by atoms with Gasteiger partial charge in [-0.1, -0.05) is 51.5 Å². The van der Waals surface area contributed by atoms with Crippen LogP contribution in [0.2, 0.25) is 0 Å². The van der Waals surface area contributed by atoms with E-state index in [1.54, 1.807) is 0 Å². The molecule has 0 spiro atoms. The maximum atomic E-state index is 5.16. The molecular formula is C35H55N5. The lowest BCUT2D eigenvalue weighted by atomic mass is 9.92. The van der Waals surface area contributed by atoms with E-state index in [2.05, 4.69) is 100 Å². The highest BCUT2D eigenvalue weighted by Crippen LogP contribution is 2.31. The number of amidine groups is 1. The average molecular weight is 546 g/mol. The second-order valence-corrected chi connectivity index (χ2v) is 12.0. The minimum absolute atomic E-state index is 0.219. The number of piperidine rings is 1. The Morgan fingerprint density at radius 3 is 2.52 bits per heavy atom. The second kappa shape index (κ2) is 15.3. The van der Waals surface area contributed by atoms with E-state index in [4.69, 9.17) is 9.98 Å². The molecule has 0 aliphatic carbocycles. The molecule has 0 radical (unpaired) electrons. The van der Waals surface area contributed by atoms with Crippen LogP contribution >= 0.6 is 0 Å². The highest BCUT2D eigenvalue weighted by Gasteiger charge is 2.29. The molecular weight excluding hydrogens is 490 g/mol. The zero-order valence-corrected chi connectivity index (χ0v) is 26.8. The lowest BCUT2D eigenvalue weighted by Gasteiger charge is -2.40. The van der Waals surface area contributed by atoms with Crippen molar-refractivity contribution >= 4 is 17.2 Å². The average Bonchev–Trinajstić information content (AvgIpc) is 2.92. The Labute approximate surface area is 245 Å². The number of likely N-dealkylation sites (tertiary alicyclic amines) is 2. The molecule has 0 bridgehead atoms. The Morgan fingerprint density at radius 1 is 1.12 bits per heavy atom. The summed E-state index contributed by atoms with van der Waals surface area (Å²) in [6.07, 6.45) is 12.6. The Bertz CT molecular complexity index is 1120. The maximum Gasteiger partial charge on any atom is 0.130 e. The molecule has 2 aliphatic rings. The van der Waals surface area contributed by atoms with Gasteiger partial charge in [0.2, 0.25) is 0 Å². The molecule has 3 rings (SSSR count). The summed E-state index contributed by atoms with van der Waals surface area (Å²) in [6.45, 7) is 22.2. The maximum absolute atomic E-state index is 5.16. The first-order valence-electron chi connectivity index (χ1n) is 15.6. The van der Waals surface area contributed by atoms with Gasteiger partial charge in [0.25, 0.3) is 0 Å². The van der Waals surface area contributed by atoms with E-state index in [0.29, 0.717) is 0 Å². The van der Waals surface area contributed by atoms with E-state index >= 15 is 0 Å². The Balaban J connectivity index is 1.90. The van der Waals surface area contributed by atoms with Gasteiger partial charge in [-0.3, -0.25) is 4.99 Å². The number of hydrogen-bond donors (Lipinski definition) is 0. The second-order valence-electron chi connectivity index (χ2n) is 12.0. The third-order valence-corrected chi connectivity index (χ3v) is 8.36. The summed E-state index contributed by atoms with van der Waals surface area (Å²) in [4.78, 5) is 17.2. The molecule has 220 valence electrons. The fraction of sp³-hybridized carbons (Fsp3) is 0.600. The minimum Gasteiger partial charge on any atom is -0.378 e. The number of unbranched alkanes of at least 4 members (excludes halogenated alkanes) is 1. The lowest BCUT2D eigenvalue weighted by molar-refractivity contribution is 0.206. The largest absolute Gasteiger partial charge is 0.378 e. The SMILES string of the molecule is C=C(c1cc(C)ccc1CCCC)N1CCCCC1C(/C=C(C)/N=C(/C=C(\C)N(C)CCC)N1CC(C)C1)=NC. The van der Waals surface area contributed by atoms with Crippen molar-refractivity contribution in [1.29, 1.82) is 0 Å². The fourth-order valence-electron chi connectivity index (χ4n) is 5.89. The zero-order chi connectivity index (χ0) is 29.2. The molecule has 5 heteroatoms. The van der Waals surface area contributed by atoms with Gasteiger partial charge >= 0.3 is 0 Å². The molecule has 0 aromatic heterocycles. The number of nitrogens with zero attached hydrogens (tertiary/aromatic N) is 5. The normalized spacial score (nSPS) is 19.6. The smallest absolute Gasteiger partial charge is 0.130 e. The molecule has 1 aromatic rings. The molecule has 2 fully saturated rings. The fourth-order valence-corrected chi connectivity index (χ4v) is 5.89. The molecule has 1 aromatic carbocycles. The molecule has 2 heterocycles. The molecule has 40 heavy (non-hydrogen) atoms. The van der Waals surface area contributed by atoms with E-state index in [1.165, 1.54) is 48.1 Å². The molecule has 1 unspecified atom stereocenters. The Hall–Kier alpha value is -2.82. The first kappa shape index (κ1) is 31.7. The highest BCUT2D eigenvalue weighted by atomic mass is 15.2. The third kappa shape index (κ3) is 8.34. The molecule has 1 atom stereocenters. The van der Waals surface area contributed by atoms with Gasteiger partial charge in [-0.25, -0.2) is 4.99 Å². The van der Waals surface area contributed by atoms with Crippen LogP contribution in [0.15, 0.2) is 58.3 Å². The van der Waals surface area contributed by atoms with Crippen LogP contribution in [-0.4, -0.2) is 72.6 Å². The van der Waals surface area contributed by atoms with E-state index in [9.17, 15) is 0 Å². The number of allylic oxidation sites excluding steroid dienone is 2. The molecule has 0 saturated carbocycles. The standard InChI is InChI=1S/C35H55N5/c1-10-12-15-31-18-17-26(3)21-32(31)30(7)40-20-14-13-16-34(40)33(36-8)22-28(5)37-35(39-24-27(4)25-39)23-29(6)38(9)19-11-2/h17-18,21-23,27,34H,7,10-16,19-20,24-25H2,1-6,8-9H3/b28-22+,29-23+,36-33?,37-35-. The van der Waals surface area contributed by atoms with Crippen LogP contribution in [0.4, 0.5) is 0 Å². The van der Waals surface area contributed by atoms with E-state index in [-0.39, 0.29) is 6.04 Å². The first-order valence-corrected chi connectivity index (χ1v) is 15.6. The van der Waals surface area contributed by atoms with Crippen LogP contribution in [0, 0.1) is 12.8 Å². The number of aliphatic imine (C=N–C) groups is 2. The van der Waals surface area contributed by atoms with Crippen LogP contribution in [0.3, 0.4) is 0 Å². The predicted octanol–water partition coefficient (Wildman–Crippen LogP) is 7.73. The van der Waals surface area contributed by atoms with Gasteiger partial charge < -0.3 is 14.7 Å². The summed E-state index contributed by atoms with van der Waals surface area (Å²) in [6, 6.07) is 7.10. The van der Waals surface area contributed by atoms with E-state index < -0.39 is 0 Å². The lowest BCUT2D eigenvalue weighted by Crippen LogP contribution is -2.48. The van der Waals surface area contributed by atoms with Gasteiger partial charge in [-0.15, -0.1) is 0 Å². The topological polar surface area (TPSA) is 34.4 Å². The van der Waals surface area contributed by atoms with Crippen molar-refractivity contribution in [2.24, 2.45) is 15.9 Å². The molecule has 5 nitrogen and oxygen atoms in total. The van der Waals surface area contributed by atoms with Crippen LogP contribution < -0.4 is 0 Å². The van der Waals surface area contributed by atoms with Crippen LogP contribution in [-0.2, 0) is 6.42 Å². The molecule has 0 N–H and O–H groups in total. The first-order chi connectivity index (χ1) is 19.2. The third-order valence-electron chi connectivity index (χ3n) is 8.36. The Morgan fingerprint density at radius 2 is 1.88 bits per heavy atom. The van der Waals surface area contributed by atoms with Crippen molar-refractivity contribution < 1.29 is 0 Å². The monoisotopic (exact) mass is 545 g/mol. The van der Waals surface area contributed by atoms with E-state index in [1.807, 2.05) is 7.05 Å². The van der Waals surface area contributed by atoms with Crippen molar-refractivity contribution in [3.63, 3.8) is 0 Å². The van der Waals surface area contributed by atoms with Gasteiger partial charge in [-0.05, 0) is 89.0 Å². The highest BCUT2D eigenvalue weighted by molar-refractivity contribution is 6.01. The number of rotatable bonds is 12. The van der Waals surface area contributed by atoms with Crippen molar-refractivity contribution in [2.45, 2.75) is 92.5 Å². The molecule has 0 amide bonds. The summed E-state index contributed by atoms with van der Waals surface area (Å²) in [5, 5.41) is 0. The van der Waals surface area contributed by atoms with Crippen LogP contribution in [0.5, 0.6) is 0 Å². The van der Waals surface area contributed by atoms with Gasteiger partial charge in [0.1, 0.15) is 5.84 Å². The summed E-state index contributed by atoms with van der Waals surface area (Å²) >= 11 is 0. The van der Waals surface area contributed by atoms with E-state index in [0.717, 1.165) is 74.3 Å². The minimum atomic E-state index is 0.219. The van der Waals surface area contributed by atoms with Crippen LogP contribution in [0.1, 0.15) is 89.8 Å². The summed E-state index contributed by atoms with van der Waals surface area (Å²) in [5.74, 6) is 1.78. The van der Waals surface area contributed by atoms with Gasteiger partial charge in [-0.2, -0.15) is 0 Å². The predicted molar refractivity (Wildman–Crippen MR) is 175 cm³/mol. The number of hydrogen-bond acceptors (Lipinski definition) is 4. The Kier molecular flexibility index (Phi) is 12.1. The quantitative estimate of drug-likeness (QED) is 0.199. The summed E-state index contributed by atoms with van der Waals surface area (Å²) in [5.41, 5.74) is 8.52. The van der Waals surface area contributed by atoms with Crippen molar-refractivity contribution in [3.8, 4) is 0 Å². The zero-order valence-electron chi connectivity index (χ0n) is 26.8. The summed E-state index contributed by atoms with van der Waals surface area (Å²) in [7, 11) is 4.10. The van der Waals surface area contributed by atoms with Crippen LogP contribution in [0.25, 0.3) is 5.70 Å². The van der Waals surface area contributed by atoms with Crippen molar-refractivity contribution in [2.75, 3.05) is 40.3 Å². The molecule has 2 aliphatic heterocycles. The molecule has 2 saturated heterocycles. The summed E-state index contributed by atoms with van der Waals surface area (Å²) < 4.78 is 0.